The standard InChI is InChI=1S/C10H12N2.C2H6/c1-8(2)9-4-3-5-10-11-6-7-12(9)10;1-2/h3-8H,1-2H3;1-2H3. The van der Waals surface area contributed by atoms with E-state index in [0.29, 0.717) is 5.92 Å². The third-order valence-corrected chi connectivity index (χ3v) is 2.05. The normalized spacial score (nSPS) is 10.1. The van der Waals surface area contributed by atoms with E-state index in [2.05, 4.69) is 35.4 Å². The van der Waals surface area contributed by atoms with Gasteiger partial charge >= 0.3 is 0 Å². The average Bonchev–Trinajstić information content (AvgIpc) is 2.67. The zero-order valence-corrected chi connectivity index (χ0v) is 9.36. The van der Waals surface area contributed by atoms with Crippen LogP contribution in [0.15, 0.2) is 30.6 Å². The number of nitrogens with zero attached hydrogens (tertiary/aromatic N) is 2. The van der Waals surface area contributed by atoms with E-state index >= 15 is 0 Å². The van der Waals surface area contributed by atoms with E-state index in [4.69, 9.17) is 0 Å². The summed E-state index contributed by atoms with van der Waals surface area (Å²) in [4.78, 5) is 4.22. The second kappa shape index (κ2) is 4.80. The van der Waals surface area contributed by atoms with Crippen molar-refractivity contribution in [2.24, 2.45) is 0 Å². The van der Waals surface area contributed by atoms with Crippen molar-refractivity contribution in [3.05, 3.63) is 36.3 Å². The van der Waals surface area contributed by atoms with Crippen molar-refractivity contribution >= 4 is 5.65 Å². The number of fused-ring (bicyclic) bond motifs is 1. The summed E-state index contributed by atoms with van der Waals surface area (Å²) in [5.74, 6) is 0.544. The summed E-state index contributed by atoms with van der Waals surface area (Å²) in [6, 6.07) is 6.21. The minimum Gasteiger partial charge on any atom is -0.304 e. The van der Waals surface area contributed by atoms with Crippen molar-refractivity contribution in [2.75, 3.05) is 0 Å². The molecule has 2 aromatic rings. The Balaban J connectivity index is 0.000000461. The van der Waals surface area contributed by atoms with E-state index in [9.17, 15) is 0 Å². The largest absolute Gasteiger partial charge is 0.304 e. The summed E-state index contributed by atoms with van der Waals surface area (Å²) in [5, 5.41) is 0. The first-order valence-electron chi connectivity index (χ1n) is 5.21. The molecule has 0 saturated carbocycles. The molecule has 0 amide bonds. The highest BCUT2D eigenvalue weighted by atomic mass is 15.0. The fraction of sp³-hybridized carbons (Fsp3) is 0.417. The van der Waals surface area contributed by atoms with Crippen molar-refractivity contribution in [1.29, 1.82) is 0 Å². The maximum absolute atomic E-state index is 4.22. The number of hydrogen-bond acceptors (Lipinski definition) is 1. The lowest BCUT2D eigenvalue weighted by molar-refractivity contribution is 0.801. The topological polar surface area (TPSA) is 17.3 Å². The molecule has 14 heavy (non-hydrogen) atoms. The molecule has 0 spiro atoms. The summed E-state index contributed by atoms with van der Waals surface area (Å²) < 4.78 is 2.13. The van der Waals surface area contributed by atoms with Crippen LogP contribution < -0.4 is 0 Å². The summed E-state index contributed by atoms with van der Waals surface area (Å²) in [5.41, 5.74) is 2.34. The van der Waals surface area contributed by atoms with Crippen LogP contribution in [0.2, 0.25) is 0 Å². The van der Waals surface area contributed by atoms with Gasteiger partial charge in [-0.2, -0.15) is 0 Å². The fourth-order valence-electron chi connectivity index (χ4n) is 1.44. The Bertz CT molecular complexity index is 388. The summed E-state index contributed by atoms with van der Waals surface area (Å²) >= 11 is 0. The fourth-order valence-corrected chi connectivity index (χ4v) is 1.44. The van der Waals surface area contributed by atoms with E-state index in [1.54, 1.807) is 0 Å². The molecular formula is C12H18N2. The Morgan fingerprint density at radius 2 is 1.93 bits per heavy atom. The highest BCUT2D eigenvalue weighted by molar-refractivity contribution is 5.40. The van der Waals surface area contributed by atoms with Gasteiger partial charge in [-0.15, -0.1) is 0 Å². The SMILES string of the molecule is CC.CC(C)c1cccc2nccn12. The lowest BCUT2D eigenvalue weighted by atomic mass is 10.1. The van der Waals surface area contributed by atoms with Gasteiger partial charge in [0.05, 0.1) is 0 Å². The molecule has 2 heteroatoms. The quantitative estimate of drug-likeness (QED) is 0.673. The first-order valence-corrected chi connectivity index (χ1v) is 5.21. The number of rotatable bonds is 1. The Hall–Kier alpha value is -1.31. The molecule has 0 aromatic carbocycles. The van der Waals surface area contributed by atoms with E-state index in [1.165, 1.54) is 5.69 Å². The highest BCUT2D eigenvalue weighted by Crippen LogP contribution is 2.15. The summed E-state index contributed by atoms with van der Waals surface area (Å²) in [6.07, 6.45) is 3.84. The third kappa shape index (κ3) is 1.95. The van der Waals surface area contributed by atoms with Crippen LogP contribution in [0.1, 0.15) is 39.3 Å². The maximum Gasteiger partial charge on any atom is 0.136 e. The second-order valence-corrected chi connectivity index (χ2v) is 3.26. The van der Waals surface area contributed by atoms with Crippen LogP contribution in [0.5, 0.6) is 0 Å². The Morgan fingerprint density at radius 1 is 1.21 bits per heavy atom. The Kier molecular flexibility index (Phi) is 3.69. The molecule has 76 valence electrons. The van der Waals surface area contributed by atoms with Crippen LogP contribution >= 0.6 is 0 Å². The van der Waals surface area contributed by atoms with Gasteiger partial charge in [0.25, 0.3) is 0 Å². The molecule has 2 aromatic heterocycles. The van der Waals surface area contributed by atoms with Crippen LogP contribution in [0.25, 0.3) is 5.65 Å². The van der Waals surface area contributed by atoms with E-state index in [1.807, 2.05) is 32.3 Å². The molecule has 0 N–H and O–H groups in total. The molecule has 0 unspecified atom stereocenters. The molecule has 0 atom stereocenters. The van der Waals surface area contributed by atoms with Crippen molar-refractivity contribution in [3.63, 3.8) is 0 Å². The number of pyridine rings is 1. The monoisotopic (exact) mass is 190 g/mol. The van der Waals surface area contributed by atoms with Crippen molar-refractivity contribution in [3.8, 4) is 0 Å². The Morgan fingerprint density at radius 3 is 2.57 bits per heavy atom. The van der Waals surface area contributed by atoms with E-state index in [-0.39, 0.29) is 0 Å². The van der Waals surface area contributed by atoms with Gasteiger partial charge < -0.3 is 4.40 Å². The van der Waals surface area contributed by atoms with Gasteiger partial charge in [-0.25, -0.2) is 4.98 Å². The van der Waals surface area contributed by atoms with Crippen molar-refractivity contribution in [2.45, 2.75) is 33.6 Å². The number of aromatic nitrogens is 2. The molecule has 0 fully saturated rings. The summed E-state index contributed by atoms with van der Waals surface area (Å²) in [6.45, 7) is 8.38. The van der Waals surface area contributed by atoms with Crippen LogP contribution in [0.3, 0.4) is 0 Å². The summed E-state index contributed by atoms with van der Waals surface area (Å²) in [7, 11) is 0. The number of hydrogen-bond donors (Lipinski definition) is 0. The zero-order valence-electron chi connectivity index (χ0n) is 9.36. The van der Waals surface area contributed by atoms with E-state index in [0.717, 1.165) is 5.65 Å². The first kappa shape index (κ1) is 10.8. The van der Waals surface area contributed by atoms with Gasteiger partial charge in [0.2, 0.25) is 0 Å². The minimum atomic E-state index is 0.544. The van der Waals surface area contributed by atoms with Gasteiger partial charge in [-0.1, -0.05) is 33.8 Å². The molecule has 0 radical (unpaired) electrons. The predicted octanol–water partition coefficient (Wildman–Crippen LogP) is 3.48. The minimum absolute atomic E-state index is 0.544. The van der Waals surface area contributed by atoms with Gasteiger partial charge in [0.1, 0.15) is 5.65 Å². The third-order valence-electron chi connectivity index (χ3n) is 2.05. The lowest BCUT2D eigenvalue weighted by Crippen LogP contribution is -1.96. The molecule has 2 rings (SSSR count). The van der Waals surface area contributed by atoms with Gasteiger partial charge in [0, 0.05) is 18.1 Å². The first-order chi connectivity index (χ1) is 6.79. The smallest absolute Gasteiger partial charge is 0.136 e. The van der Waals surface area contributed by atoms with Crippen LogP contribution in [-0.2, 0) is 0 Å². The van der Waals surface area contributed by atoms with E-state index < -0.39 is 0 Å². The van der Waals surface area contributed by atoms with Gasteiger partial charge in [-0.05, 0) is 18.1 Å². The molecule has 0 bridgehead atoms. The highest BCUT2D eigenvalue weighted by Gasteiger charge is 2.02. The maximum atomic E-state index is 4.22. The van der Waals surface area contributed by atoms with Crippen LogP contribution in [0, 0.1) is 0 Å². The predicted molar refractivity (Wildman–Crippen MR) is 60.6 cm³/mol. The average molecular weight is 190 g/mol. The molecule has 0 saturated heterocycles. The molecule has 2 nitrogen and oxygen atoms in total. The van der Waals surface area contributed by atoms with Crippen molar-refractivity contribution in [1.82, 2.24) is 9.38 Å². The molecule has 0 aliphatic carbocycles. The number of imidazole rings is 1. The lowest BCUT2D eigenvalue weighted by Gasteiger charge is -2.07. The Labute approximate surface area is 85.6 Å². The molecule has 0 aliphatic rings. The van der Waals surface area contributed by atoms with Crippen LogP contribution in [-0.4, -0.2) is 9.38 Å². The van der Waals surface area contributed by atoms with Gasteiger partial charge in [0.15, 0.2) is 0 Å². The molecule has 0 aliphatic heterocycles. The van der Waals surface area contributed by atoms with Gasteiger partial charge in [-0.3, -0.25) is 0 Å². The van der Waals surface area contributed by atoms with Crippen molar-refractivity contribution < 1.29 is 0 Å². The molecule has 2 heterocycles. The second-order valence-electron chi connectivity index (χ2n) is 3.26. The molecular weight excluding hydrogens is 172 g/mol. The zero-order chi connectivity index (χ0) is 10.6. The van der Waals surface area contributed by atoms with Crippen LogP contribution in [0.4, 0.5) is 0 Å².